The van der Waals surface area contributed by atoms with Gasteiger partial charge in [-0.2, -0.15) is 0 Å². The normalized spacial score (nSPS) is 11.8. The molecule has 0 spiro atoms. The maximum Gasteiger partial charge on any atom is 0.238 e. The lowest BCUT2D eigenvalue weighted by Gasteiger charge is -2.21. The van der Waals surface area contributed by atoms with E-state index in [0.29, 0.717) is 19.0 Å². The fourth-order valence-corrected chi connectivity index (χ4v) is 3.38. The van der Waals surface area contributed by atoms with E-state index in [1.165, 1.54) is 6.07 Å². The Bertz CT molecular complexity index is 836. The Kier molecular flexibility index (Phi) is 8.25. The second-order valence-electron chi connectivity index (χ2n) is 5.31. The predicted molar refractivity (Wildman–Crippen MR) is 112 cm³/mol. The molecule has 2 rings (SSSR count). The third-order valence-corrected chi connectivity index (χ3v) is 5.05. The molecule has 3 N–H and O–H groups in total. The summed E-state index contributed by atoms with van der Waals surface area (Å²) in [6, 6.07) is 6.53. The quantitative estimate of drug-likeness (QED) is 0.375. The Labute approximate surface area is 169 Å². The van der Waals surface area contributed by atoms with Gasteiger partial charge < -0.3 is 10.2 Å². The lowest BCUT2D eigenvalue weighted by molar-refractivity contribution is 0.470. The Hall–Kier alpha value is -1.24. The van der Waals surface area contributed by atoms with Crippen molar-refractivity contribution in [2.45, 2.75) is 24.9 Å². The van der Waals surface area contributed by atoms with E-state index >= 15 is 0 Å². The fraction of sp³-hybridized carbons (Fsp3) is 0.333. The first kappa shape index (κ1) is 21.8. The zero-order chi connectivity index (χ0) is 17.7. The second-order valence-corrected chi connectivity index (χ2v) is 7.93. The minimum atomic E-state index is -3.70. The summed E-state index contributed by atoms with van der Waals surface area (Å²) in [5.74, 6) is 0.696. The number of hydrogen-bond donors (Lipinski definition) is 2. The first-order chi connectivity index (χ1) is 11.3. The van der Waals surface area contributed by atoms with Crippen LogP contribution in [-0.2, 0) is 23.1 Å². The van der Waals surface area contributed by atoms with Gasteiger partial charge >= 0.3 is 0 Å². The van der Waals surface area contributed by atoms with Crippen LogP contribution in [0.4, 0.5) is 0 Å². The Balaban J connectivity index is 0.00000312. The average molecular weight is 495 g/mol. The van der Waals surface area contributed by atoms with Crippen LogP contribution < -0.4 is 10.5 Å². The summed E-state index contributed by atoms with van der Waals surface area (Å²) in [6.07, 6.45) is 0. The van der Waals surface area contributed by atoms with Crippen LogP contribution in [0.2, 0.25) is 0 Å². The summed E-state index contributed by atoms with van der Waals surface area (Å²) in [5, 5.41) is 11.4. The van der Waals surface area contributed by atoms with Gasteiger partial charge in [-0.15, -0.1) is 35.3 Å². The molecule has 0 radical (unpaired) electrons. The van der Waals surface area contributed by atoms with E-state index in [1.807, 2.05) is 30.3 Å². The molecular formula is C15H22IN5O2S2. The van der Waals surface area contributed by atoms with Crippen molar-refractivity contribution >= 4 is 51.3 Å². The van der Waals surface area contributed by atoms with Crippen LogP contribution in [0.1, 0.15) is 16.3 Å². The molecule has 0 aliphatic heterocycles. The fourth-order valence-electron chi connectivity index (χ4n) is 2.20. The standard InChI is InChI=1S/C15H21N5O2S2.HI/c1-11-19-13(10-23-11)9-20(3)15(17-2)18-8-12-5-4-6-14(7-12)24(16,21)22;/h4-7,10H,8-9H2,1-3H3,(H,17,18)(H2,16,21,22);1H. The first-order valence-corrected chi connectivity index (χ1v) is 9.66. The van der Waals surface area contributed by atoms with Crippen LogP contribution in [0.15, 0.2) is 39.5 Å². The molecule has 0 saturated heterocycles. The number of nitrogens with two attached hydrogens (primary N) is 1. The summed E-state index contributed by atoms with van der Waals surface area (Å²) in [4.78, 5) is 10.7. The Morgan fingerprint density at radius 1 is 1.44 bits per heavy atom. The largest absolute Gasteiger partial charge is 0.352 e. The minimum absolute atomic E-state index is 0. The Morgan fingerprint density at radius 3 is 2.72 bits per heavy atom. The van der Waals surface area contributed by atoms with Crippen LogP contribution in [-0.4, -0.2) is 38.4 Å². The third kappa shape index (κ3) is 6.53. The van der Waals surface area contributed by atoms with Crippen molar-refractivity contribution in [1.82, 2.24) is 15.2 Å². The van der Waals surface area contributed by atoms with Gasteiger partial charge in [-0.3, -0.25) is 4.99 Å². The number of sulfonamides is 1. The van der Waals surface area contributed by atoms with E-state index in [1.54, 1.807) is 30.5 Å². The molecule has 1 aromatic heterocycles. The molecular weight excluding hydrogens is 473 g/mol. The van der Waals surface area contributed by atoms with Crippen LogP contribution >= 0.6 is 35.3 Å². The molecule has 1 heterocycles. The van der Waals surface area contributed by atoms with Crippen LogP contribution in [0, 0.1) is 6.92 Å². The number of thiazole rings is 1. The number of guanidine groups is 1. The van der Waals surface area contributed by atoms with E-state index in [-0.39, 0.29) is 28.9 Å². The zero-order valence-corrected chi connectivity index (χ0v) is 18.2. The number of rotatable bonds is 5. The number of benzene rings is 1. The highest BCUT2D eigenvalue weighted by molar-refractivity contribution is 14.0. The molecule has 0 fully saturated rings. The molecule has 0 unspecified atom stereocenters. The predicted octanol–water partition coefficient (Wildman–Crippen LogP) is 1.92. The number of halogens is 1. The molecule has 0 aliphatic rings. The summed E-state index contributed by atoms with van der Waals surface area (Å²) >= 11 is 1.61. The van der Waals surface area contributed by atoms with E-state index in [4.69, 9.17) is 5.14 Å². The van der Waals surface area contributed by atoms with Gasteiger partial charge in [0.05, 0.1) is 22.1 Å². The van der Waals surface area contributed by atoms with Crippen molar-refractivity contribution in [3.8, 4) is 0 Å². The highest BCUT2D eigenvalue weighted by atomic mass is 127. The molecule has 7 nitrogen and oxygen atoms in total. The van der Waals surface area contributed by atoms with Crippen LogP contribution in [0.25, 0.3) is 0 Å². The number of hydrogen-bond acceptors (Lipinski definition) is 5. The van der Waals surface area contributed by atoms with Crippen molar-refractivity contribution in [2.75, 3.05) is 14.1 Å². The van der Waals surface area contributed by atoms with Crippen molar-refractivity contribution in [3.63, 3.8) is 0 Å². The van der Waals surface area contributed by atoms with Crippen molar-refractivity contribution in [3.05, 3.63) is 45.9 Å². The first-order valence-electron chi connectivity index (χ1n) is 7.24. The van der Waals surface area contributed by atoms with Crippen molar-refractivity contribution < 1.29 is 8.42 Å². The van der Waals surface area contributed by atoms with Gasteiger partial charge in [0.2, 0.25) is 10.0 Å². The number of aryl methyl sites for hydroxylation is 1. The number of aromatic nitrogens is 1. The van der Waals surface area contributed by atoms with Crippen LogP contribution in [0.5, 0.6) is 0 Å². The monoisotopic (exact) mass is 495 g/mol. The summed E-state index contributed by atoms with van der Waals surface area (Å²) in [6.45, 7) is 3.05. The molecule has 138 valence electrons. The van der Waals surface area contributed by atoms with Gasteiger partial charge in [-0.1, -0.05) is 12.1 Å². The molecule has 0 saturated carbocycles. The zero-order valence-electron chi connectivity index (χ0n) is 14.3. The molecule has 0 atom stereocenters. The van der Waals surface area contributed by atoms with Gasteiger partial charge in [0, 0.05) is 26.0 Å². The van der Waals surface area contributed by atoms with Gasteiger partial charge in [0.15, 0.2) is 5.96 Å². The van der Waals surface area contributed by atoms with Gasteiger partial charge in [0.1, 0.15) is 0 Å². The van der Waals surface area contributed by atoms with E-state index in [9.17, 15) is 8.42 Å². The second kappa shape index (κ2) is 9.46. The lowest BCUT2D eigenvalue weighted by Crippen LogP contribution is -2.38. The molecule has 10 heteroatoms. The molecule has 25 heavy (non-hydrogen) atoms. The number of nitrogens with one attached hydrogen (secondary N) is 1. The van der Waals surface area contributed by atoms with E-state index in [2.05, 4.69) is 15.3 Å². The molecule has 0 aliphatic carbocycles. The smallest absolute Gasteiger partial charge is 0.238 e. The number of primary sulfonamides is 1. The molecule has 1 aromatic carbocycles. The Morgan fingerprint density at radius 2 is 2.16 bits per heavy atom. The molecule has 0 bridgehead atoms. The third-order valence-electron chi connectivity index (χ3n) is 3.32. The summed E-state index contributed by atoms with van der Waals surface area (Å²) < 4.78 is 22.8. The van der Waals surface area contributed by atoms with Crippen molar-refractivity contribution in [1.29, 1.82) is 0 Å². The lowest BCUT2D eigenvalue weighted by atomic mass is 10.2. The topological polar surface area (TPSA) is 101 Å². The highest BCUT2D eigenvalue weighted by Gasteiger charge is 2.10. The van der Waals surface area contributed by atoms with Crippen molar-refractivity contribution in [2.24, 2.45) is 10.1 Å². The van der Waals surface area contributed by atoms with Gasteiger partial charge in [-0.25, -0.2) is 18.5 Å². The maximum absolute atomic E-state index is 11.4. The number of aliphatic imine (C=N–C) groups is 1. The van der Waals surface area contributed by atoms with E-state index < -0.39 is 10.0 Å². The van der Waals surface area contributed by atoms with Gasteiger partial charge in [0.25, 0.3) is 0 Å². The molecule has 0 amide bonds. The maximum atomic E-state index is 11.4. The molecule has 2 aromatic rings. The summed E-state index contributed by atoms with van der Waals surface area (Å²) in [5.41, 5.74) is 1.79. The number of nitrogens with zero attached hydrogens (tertiary/aromatic N) is 3. The van der Waals surface area contributed by atoms with Crippen LogP contribution in [0.3, 0.4) is 0 Å². The minimum Gasteiger partial charge on any atom is -0.352 e. The van der Waals surface area contributed by atoms with E-state index in [0.717, 1.165) is 16.3 Å². The SMILES string of the molecule is CN=C(NCc1cccc(S(N)(=O)=O)c1)N(C)Cc1csc(C)n1.I. The highest BCUT2D eigenvalue weighted by Crippen LogP contribution is 2.11. The van der Waals surface area contributed by atoms with Gasteiger partial charge in [-0.05, 0) is 24.6 Å². The summed E-state index contributed by atoms with van der Waals surface area (Å²) in [7, 11) is -0.0780. The average Bonchev–Trinajstić information content (AvgIpc) is 2.92.